The third-order valence-electron chi connectivity index (χ3n) is 3.47. The van der Waals surface area contributed by atoms with E-state index in [1.54, 1.807) is 0 Å². The van der Waals surface area contributed by atoms with Crippen molar-refractivity contribution >= 4 is 9.84 Å². The van der Waals surface area contributed by atoms with Crippen molar-refractivity contribution in [3.63, 3.8) is 0 Å². The fraction of sp³-hybridized carbons (Fsp3) is 0.538. The van der Waals surface area contributed by atoms with Crippen molar-refractivity contribution in [2.75, 3.05) is 6.54 Å². The van der Waals surface area contributed by atoms with Crippen LogP contribution in [0.15, 0.2) is 17.0 Å². The third kappa shape index (κ3) is 2.39. The van der Waals surface area contributed by atoms with Crippen LogP contribution < -0.4 is 5.32 Å². The molecule has 3 nitrogen and oxygen atoms in total. The molecular formula is C13H17F2NO2S. The van der Waals surface area contributed by atoms with E-state index in [9.17, 15) is 17.2 Å². The van der Waals surface area contributed by atoms with Gasteiger partial charge in [0.05, 0.1) is 5.25 Å². The first-order valence-corrected chi connectivity index (χ1v) is 7.89. The fourth-order valence-electron chi connectivity index (χ4n) is 2.44. The Morgan fingerprint density at radius 2 is 1.95 bits per heavy atom. The Morgan fingerprint density at radius 3 is 2.58 bits per heavy atom. The highest BCUT2D eigenvalue weighted by atomic mass is 32.2. The van der Waals surface area contributed by atoms with Crippen LogP contribution in [0.25, 0.3) is 0 Å². The second kappa shape index (κ2) is 5.17. The van der Waals surface area contributed by atoms with Gasteiger partial charge in [0.15, 0.2) is 9.84 Å². The van der Waals surface area contributed by atoms with E-state index in [0.717, 1.165) is 18.6 Å². The van der Waals surface area contributed by atoms with Crippen LogP contribution >= 0.6 is 0 Å². The van der Waals surface area contributed by atoms with E-state index < -0.39 is 37.7 Å². The second-order valence-electron chi connectivity index (χ2n) is 4.87. The lowest BCUT2D eigenvalue weighted by molar-refractivity contribution is 0.428. The Kier molecular flexibility index (Phi) is 3.92. The number of sulfone groups is 1. The molecule has 0 aromatic heterocycles. The molecule has 6 heteroatoms. The molecule has 0 spiro atoms. The van der Waals surface area contributed by atoms with Crippen LogP contribution in [0.1, 0.15) is 38.3 Å². The average Bonchev–Trinajstić information content (AvgIpc) is 2.35. The molecule has 1 heterocycles. The molecule has 2 rings (SSSR count). The Labute approximate surface area is 111 Å². The standard InChI is InChI=1S/C13H17F2NO2S/c1-3-6-16-11-7-8(2)19(17,18)13-10(15)5-4-9(14)12(11)13/h4-5,8,11,16H,3,6-7H2,1-2H3. The van der Waals surface area contributed by atoms with E-state index in [1.807, 2.05) is 6.92 Å². The van der Waals surface area contributed by atoms with Crippen LogP contribution in [-0.4, -0.2) is 20.2 Å². The van der Waals surface area contributed by atoms with Crippen LogP contribution in [0, 0.1) is 11.6 Å². The molecule has 0 fully saturated rings. The Bertz CT molecular complexity index is 587. The largest absolute Gasteiger partial charge is 0.310 e. The quantitative estimate of drug-likeness (QED) is 0.930. The lowest BCUT2D eigenvalue weighted by atomic mass is 10.00. The molecule has 0 radical (unpaired) electrons. The number of hydrogen-bond acceptors (Lipinski definition) is 3. The minimum absolute atomic E-state index is 0.0495. The second-order valence-corrected chi connectivity index (χ2v) is 7.17. The minimum Gasteiger partial charge on any atom is -0.310 e. The Hall–Kier alpha value is -1.01. The van der Waals surface area contributed by atoms with Gasteiger partial charge < -0.3 is 5.32 Å². The van der Waals surface area contributed by atoms with Crippen molar-refractivity contribution in [1.82, 2.24) is 5.32 Å². The van der Waals surface area contributed by atoms with Gasteiger partial charge in [-0.05, 0) is 38.4 Å². The van der Waals surface area contributed by atoms with Gasteiger partial charge in [0.25, 0.3) is 0 Å². The van der Waals surface area contributed by atoms with Gasteiger partial charge in [0.2, 0.25) is 0 Å². The van der Waals surface area contributed by atoms with Crippen molar-refractivity contribution < 1.29 is 17.2 Å². The molecule has 0 bridgehead atoms. The van der Waals surface area contributed by atoms with E-state index in [-0.39, 0.29) is 12.0 Å². The van der Waals surface area contributed by atoms with Crippen molar-refractivity contribution in [2.24, 2.45) is 0 Å². The van der Waals surface area contributed by atoms with E-state index in [2.05, 4.69) is 5.32 Å². The maximum absolute atomic E-state index is 13.9. The molecule has 19 heavy (non-hydrogen) atoms. The molecule has 0 amide bonds. The van der Waals surface area contributed by atoms with E-state index in [4.69, 9.17) is 0 Å². The Morgan fingerprint density at radius 1 is 1.32 bits per heavy atom. The SMILES string of the molecule is CCCNC1CC(C)S(=O)(=O)c2c(F)ccc(F)c21. The van der Waals surface area contributed by atoms with Gasteiger partial charge in [0, 0.05) is 11.6 Å². The predicted molar refractivity (Wildman–Crippen MR) is 68.7 cm³/mol. The minimum atomic E-state index is -3.79. The van der Waals surface area contributed by atoms with Gasteiger partial charge in [-0.15, -0.1) is 0 Å². The summed E-state index contributed by atoms with van der Waals surface area (Å²) in [4.78, 5) is -0.472. The zero-order valence-corrected chi connectivity index (χ0v) is 11.7. The number of rotatable bonds is 3. The summed E-state index contributed by atoms with van der Waals surface area (Å²) in [6.45, 7) is 4.12. The highest BCUT2D eigenvalue weighted by Crippen LogP contribution is 2.39. The van der Waals surface area contributed by atoms with E-state index in [1.165, 1.54) is 6.92 Å². The van der Waals surface area contributed by atoms with Gasteiger partial charge in [-0.3, -0.25) is 0 Å². The number of fused-ring (bicyclic) bond motifs is 1. The van der Waals surface area contributed by atoms with Crippen LogP contribution in [-0.2, 0) is 9.84 Å². The monoisotopic (exact) mass is 289 g/mol. The summed E-state index contributed by atoms with van der Waals surface area (Å²) in [6, 6.07) is 1.41. The number of nitrogens with one attached hydrogen (secondary N) is 1. The average molecular weight is 289 g/mol. The molecule has 1 aliphatic rings. The summed E-state index contributed by atoms with van der Waals surface area (Å²) in [5, 5.41) is 2.38. The van der Waals surface area contributed by atoms with Gasteiger partial charge in [-0.25, -0.2) is 17.2 Å². The summed E-state index contributed by atoms with van der Waals surface area (Å²) in [5.74, 6) is -1.54. The van der Waals surface area contributed by atoms with Crippen molar-refractivity contribution in [2.45, 2.75) is 42.9 Å². The lowest BCUT2D eigenvalue weighted by Crippen LogP contribution is -2.36. The first-order chi connectivity index (χ1) is 8.89. The molecule has 1 aliphatic heterocycles. The summed E-state index contributed by atoms with van der Waals surface area (Å²) in [6.07, 6.45) is 1.10. The molecule has 0 saturated heterocycles. The zero-order chi connectivity index (χ0) is 14.2. The van der Waals surface area contributed by atoms with Crippen molar-refractivity contribution in [3.8, 4) is 0 Å². The molecular weight excluding hydrogens is 272 g/mol. The van der Waals surface area contributed by atoms with E-state index >= 15 is 0 Å². The lowest BCUT2D eigenvalue weighted by Gasteiger charge is -2.30. The third-order valence-corrected chi connectivity index (χ3v) is 5.70. The van der Waals surface area contributed by atoms with Crippen LogP contribution in [0.4, 0.5) is 8.78 Å². The highest BCUT2D eigenvalue weighted by molar-refractivity contribution is 7.92. The molecule has 1 aromatic carbocycles. The van der Waals surface area contributed by atoms with Crippen LogP contribution in [0.5, 0.6) is 0 Å². The number of benzene rings is 1. The number of hydrogen-bond donors (Lipinski definition) is 1. The van der Waals surface area contributed by atoms with Crippen LogP contribution in [0.3, 0.4) is 0 Å². The predicted octanol–water partition coefficient (Wildman–Crippen LogP) is 2.57. The molecule has 1 aromatic rings. The first kappa shape index (κ1) is 14.4. The highest BCUT2D eigenvalue weighted by Gasteiger charge is 2.40. The molecule has 0 aliphatic carbocycles. The molecule has 0 saturated carbocycles. The first-order valence-electron chi connectivity index (χ1n) is 6.34. The summed E-state index contributed by atoms with van der Waals surface area (Å²) in [7, 11) is -3.79. The topological polar surface area (TPSA) is 46.2 Å². The van der Waals surface area contributed by atoms with E-state index in [0.29, 0.717) is 6.54 Å². The zero-order valence-electron chi connectivity index (χ0n) is 10.9. The maximum Gasteiger partial charge on any atom is 0.184 e. The van der Waals surface area contributed by atoms with Crippen molar-refractivity contribution in [3.05, 3.63) is 29.3 Å². The van der Waals surface area contributed by atoms with Crippen LogP contribution in [0.2, 0.25) is 0 Å². The van der Waals surface area contributed by atoms with Gasteiger partial charge in [-0.1, -0.05) is 6.92 Å². The van der Waals surface area contributed by atoms with Gasteiger partial charge >= 0.3 is 0 Å². The molecule has 2 unspecified atom stereocenters. The molecule has 1 N–H and O–H groups in total. The maximum atomic E-state index is 13.9. The summed E-state index contributed by atoms with van der Waals surface area (Å²) >= 11 is 0. The smallest absolute Gasteiger partial charge is 0.184 e. The molecule has 106 valence electrons. The normalized spacial score (nSPS) is 25.1. The van der Waals surface area contributed by atoms with Gasteiger partial charge in [0.1, 0.15) is 16.5 Å². The number of halogens is 2. The summed E-state index contributed by atoms with van der Waals surface area (Å²) in [5.41, 5.74) is -0.0495. The Balaban J connectivity index is 2.61. The fourth-order valence-corrected chi connectivity index (χ4v) is 4.18. The van der Waals surface area contributed by atoms with Crippen molar-refractivity contribution in [1.29, 1.82) is 0 Å². The van der Waals surface area contributed by atoms with Gasteiger partial charge in [-0.2, -0.15) is 0 Å². The molecule has 2 atom stereocenters. The summed E-state index contributed by atoms with van der Waals surface area (Å²) < 4.78 is 52.1.